The fraction of sp³-hybridized carbons (Fsp3) is 0.455. The zero-order chi connectivity index (χ0) is 10.4. The third-order valence-corrected chi connectivity index (χ3v) is 1.83. The Morgan fingerprint density at radius 1 is 1.29 bits per heavy atom. The van der Waals surface area contributed by atoms with Crippen molar-refractivity contribution in [3.8, 4) is 0 Å². The van der Waals surface area contributed by atoms with Gasteiger partial charge in [0, 0.05) is 24.8 Å². The summed E-state index contributed by atoms with van der Waals surface area (Å²) in [6, 6.07) is 6.99. The lowest BCUT2D eigenvalue weighted by molar-refractivity contribution is 0.601. The van der Waals surface area contributed by atoms with Gasteiger partial charge in [-0.05, 0) is 18.2 Å². The molecular weight excluding hydrogens is 179 g/mol. The van der Waals surface area contributed by atoms with E-state index in [0.29, 0.717) is 6.04 Å². The molecule has 1 aromatic rings. The van der Waals surface area contributed by atoms with Gasteiger partial charge in [-0.3, -0.25) is 0 Å². The minimum Gasteiger partial charge on any atom is -0.384 e. The first-order valence-corrected chi connectivity index (χ1v) is 4.91. The Balaban J connectivity index is 2.25. The van der Waals surface area contributed by atoms with E-state index in [1.165, 1.54) is 12.1 Å². The summed E-state index contributed by atoms with van der Waals surface area (Å²) >= 11 is 0. The van der Waals surface area contributed by atoms with Crippen LogP contribution in [0, 0.1) is 5.82 Å². The average molecular weight is 196 g/mol. The highest BCUT2D eigenvalue weighted by Crippen LogP contribution is 2.07. The third kappa shape index (κ3) is 4.23. The van der Waals surface area contributed by atoms with Crippen LogP contribution < -0.4 is 10.6 Å². The monoisotopic (exact) mass is 196 g/mol. The second kappa shape index (κ2) is 5.60. The maximum atomic E-state index is 12.7. The minimum atomic E-state index is -0.202. The molecule has 0 bridgehead atoms. The van der Waals surface area contributed by atoms with E-state index in [9.17, 15) is 4.39 Å². The summed E-state index contributed by atoms with van der Waals surface area (Å²) in [6.45, 7) is 5.89. The van der Waals surface area contributed by atoms with Gasteiger partial charge in [0.1, 0.15) is 5.82 Å². The molecule has 78 valence electrons. The van der Waals surface area contributed by atoms with Crippen LogP contribution in [-0.2, 0) is 0 Å². The van der Waals surface area contributed by atoms with E-state index in [2.05, 4.69) is 24.5 Å². The van der Waals surface area contributed by atoms with Gasteiger partial charge in [0.2, 0.25) is 0 Å². The van der Waals surface area contributed by atoms with Crippen LogP contribution in [-0.4, -0.2) is 19.1 Å². The van der Waals surface area contributed by atoms with Crippen molar-refractivity contribution in [2.24, 2.45) is 0 Å². The smallest absolute Gasteiger partial charge is 0.125 e. The Labute approximate surface area is 84.5 Å². The standard InChI is InChI=1S/C11H17FN2/c1-9(2)13-6-7-14-11-5-3-4-10(12)8-11/h3-5,8-9,13-14H,6-7H2,1-2H3. The van der Waals surface area contributed by atoms with E-state index in [-0.39, 0.29) is 5.82 Å². The third-order valence-electron chi connectivity index (χ3n) is 1.83. The number of rotatable bonds is 5. The molecule has 0 heterocycles. The molecule has 0 aromatic heterocycles. The maximum absolute atomic E-state index is 12.7. The van der Waals surface area contributed by atoms with Crippen LogP contribution in [0.2, 0.25) is 0 Å². The molecule has 0 fully saturated rings. The van der Waals surface area contributed by atoms with Crippen molar-refractivity contribution in [3.63, 3.8) is 0 Å². The molecule has 0 aliphatic heterocycles. The van der Waals surface area contributed by atoms with Gasteiger partial charge in [0.05, 0.1) is 0 Å². The van der Waals surface area contributed by atoms with Crippen LogP contribution in [0.5, 0.6) is 0 Å². The summed E-state index contributed by atoms with van der Waals surface area (Å²) in [6.07, 6.45) is 0. The van der Waals surface area contributed by atoms with E-state index in [1.807, 2.05) is 6.07 Å². The van der Waals surface area contributed by atoms with Crippen LogP contribution in [0.25, 0.3) is 0 Å². The van der Waals surface area contributed by atoms with Gasteiger partial charge in [0.25, 0.3) is 0 Å². The second-order valence-electron chi connectivity index (χ2n) is 3.55. The van der Waals surface area contributed by atoms with Crippen molar-refractivity contribution in [2.45, 2.75) is 19.9 Å². The zero-order valence-electron chi connectivity index (χ0n) is 8.68. The first kappa shape index (κ1) is 11.0. The Bertz CT molecular complexity index is 274. The van der Waals surface area contributed by atoms with E-state index in [4.69, 9.17) is 0 Å². The summed E-state index contributed by atoms with van der Waals surface area (Å²) in [5.74, 6) is -0.202. The number of benzene rings is 1. The fourth-order valence-electron chi connectivity index (χ4n) is 1.17. The molecule has 1 aromatic carbocycles. The minimum absolute atomic E-state index is 0.202. The van der Waals surface area contributed by atoms with Gasteiger partial charge < -0.3 is 10.6 Å². The number of nitrogens with one attached hydrogen (secondary N) is 2. The number of hydrogen-bond acceptors (Lipinski definition) is 2. The molecular formula is C11H17FN2. The molecule has 0 atom stereocenters. The van der Waals surface area contributed by atoms with E-state index in [1.54, 1.807) is 6.07 Å². The molecule has 0 saturated heterocycles. The van der Waals surface area contributed by atoms with Gasteiger partial charge in [0.15, 0.2) is 0 Å². The van der Waals surface area contributed by atoms with Crippen molar-refractivity contribution in [1.29, 1.82) is 0 Å². The number of halogens is 1. The Morgan fingerprint density at radius 2 is 2.07 bits per heavy atom. The highest BCUT2D eigenvalue weighted by molar-refractivity contribution is 5.42. The summed E-state index contributed by atoms with van der Waals surface area (Å²) in [5, 5.41) is 6.41. The van der Waals surface area contributed by atoms with Gasteiger partial charge in [-0.15, -0.1) is 0 Å². The van der Waals surface area contributed by atoms with Crippen LogP contribution in [0.4, 0.5) is 10.1 Å². The summed E-state index contributed by atoms with van der Waals surface area (Å²) < 4.78 is 12.7. The molecule has 0 amide bonds. The maximum Gasteiger partial charge on any atom is 0.125 e. The van der Waals surface area contributed by atoms with Crippen LogP contribution in [0.1, 0.15) is 13.8 Å². The Morgan fingerprint density at radius 3 is 2.71 bits per heavy atom. The Kier molecular flexibility index (Phi) is 4.40. The van der Waals surface area contributed by atoms with Crippen LogP contribution >= 0.6 is 0 Å². The summed E-state index contributed by atoms with van der Waals surface area (Å²) in [5.41, 5.74) is 0.829. The lowest BCUT2D eigenvalue weighted by atomic mass is 10.3. The molecule has 0 spiro atoms. The van der Waals surface area contributed by atoms with Crippen LogP contribution in [0.3, 0.4) is 0 Å². The molecule has 2 nitrogen and oxygen atoms in total. The molecule has 14 heavy (non-hydrogen) atoms. The van der Waals surface area contributed by atoms with Crippen molar-refractivity contribution in [1.82, 2.24) is 5.32 Å². The van der Waals surface area contributed by atoms with Crippen molar-refractivity contribution < 1.29 is 4.39 Å². The molecule has 0 radical (unpaired) electrons. The zero-order valence-corrected chi connectivity index (χ0v) is 8.68. The molecule has 3 heteroatoms. The Hall–Kier alpha value is -1.09. The molecule has 2 N–H and O–H groups in total. The van der Waals surface area contributed by atoms with E-state index < -0.39 is 0 Å². The predicted octanol–water partition coefficient (Wildman–Crippen LogP) is 2.24. The van der Waals surface area contributed by atoms with Gasteiger partial charge in [-0.1, -0.05) is 19.9 Å². The number of hydrogen-bond donors (Lipinski definition) is 2. The van der Waals surface area contributed by atoms with Crippen LogP contribution in [0.15, 0.2) is 24.3 Å². The highest BCUT2D eigenvalue weighted by Gasteiger charge is 1.94. The largest absolute Gasteiger partial charge is 0.384 e. The lowest BCUT2D eigenvalue weighted by Crippen LogP contribution is -2.28. The quantitative estimate of drug-likeness (QED) is 0.706. The second-order valence-corrected chi connectivity index (χ2v) is 3.55. The molecule has 0 aliphatic rings. The molecule has 1 rings (SSSR count). The molecule has 0 aliphatic carbocycles. The fourth-order valence-corrected chi connectivity index (χ4v) is 1.17. The van der Waals surface area contributed by atoms with E-state index in [0.717, 1.165) is 18.8 Å². The molecule has 0 saturated carbocycles. The summed E-state index contributed by atoms with van der Waals surface area (Å²) in [4.78, 5) is 0. The topological polar surface area (TPSA) is 24.1 Å². The lowest BCUT2D eigenvalue weighted by Gasteiger charge is -2.09. The SMILES string of the molecule is CC(C)NCCNc1cccc(F)c1. The van der Waals surface area contributed by atoms with Gasteiger partial charge in [-0.2, -0.15) is 0 Å². The normalized spacial score (nSPS) is 10.6. The summed E-state index contributed by atoms with van der Waals surface area (Å²) in [7, 11) is 0. The van der Waals surface area contributed by atoms with Crippen molar-refractivity contribution in [2.75, 3.05) is 18.4 Å². The number of anilines is 1. The first-order valence-electron chi connectivity index (χ1n) is 4.91. The predicted molar refractivity (Wildman–Crippen MR) is 58.0 cm³/mol. The van der Waals surface area contributed by atoms with E-state index >= 15 is 0 Å². The van der Waals surface area contributed by atoms with Gasteiger partial charge in [-0.25, -0.2) is 4.39 Å². The first-order chi connectivity index (χ1) is 6.68. The molecule has 0 unspecified atom stereocenters. The average Bonchev–Trinajstić information content (AvgIpc) is 2.12. The van der Waals surface area contributed by atoms with Crippen molar-refractivity contribution in [3.05, 3.63) is 30.1 Å². The van der Waals surface area contributed by atoms with Crippen molar-refractivity contribution >= 4 is 5.69 Å². The highest BCUT2D eigenvalue weighted by atomic mass is 19.1. The van der Waals surface area contributed by atoms with Gasteiger partial charge >= 0.3 is 0 Å².